The quantitative estimate of drug-likeness (QED) is 0.244. The molecule has 0 saturated heterocycles. The van der Waals surface area contributed by atoms with Gasteiger partial charge in [-0.05, 0) is 57.4 Å². The molecular formula is C31H53OP. The number of rotatable bonds is 4. The van der Waals surface area contributed by atoms with Gasteiger partial charge in [-0.1, -0.05) is 120 Å². The molecule has 0 fully saturated rings. The first kappa shape index (κ1) is 38.2. The van der Waals surface area contributed by atoms with Gasteiger partial charge in [-0.25, -0.2) is 0 Å². The Balaban J connectivity index is -0.000000207. The summed E-state index contributed by atoms with van der Waals surface area (Å²) in [5, 5.41) is 0. The van der Waals surface area contributed by atoms with Crippen LogP contribution >= 0.6 is 9.47 Å². The molecule has 0 aliphatic rings. The Bertz CT molecular complexity index is 714. The molecule has 33 heavy (non-hydrogen) atoms. The largest absolute Gasteiger partial charge is 0.480 e. The third-order valence-electron chi connectivity index (χ3n) is 3.63. The van der Waals surface area contributed by atoms with Crippen LogP contribution in [-0.4, -0.2) is 0 Å². The van der Waals surface area contributed by atoms with Crippen molar-refractivity contribution in [2.24, 2.45) is 0 Å². The number of aryl methyl sites for hydroxylation is 1. The lowest BCUT2D eigenvalue weighted by Gasteiger charge is -2.09. The molecule has 0 aliphatic carbocycles. The average Bonchev–Trinajstić information content (AvgIpc) is 2.85. The molecule has 0 amide bonds. The summed E-state index contributed by atoms with van der Waals surface area (Å²) in [6.07, 6.45) is 10.1. The van der Waals surface area contributed by atoms with E-state index < -0.39 is 0 Å². The first-order valence-corrected chi connectivity index (χ1v) is 12.7. The molecule has 0 spiro atoms. The fourth-order valence-electron chi connectivity index (χ4n) is 2.14. The first-order valence-electron chi connectivity index (χ1n) is 12.3. The van der Waals surface area contributed by atoms with E-state index in [2.05, 4.69) is 86.2 Å². The van der Waals surface area contributed by atoms with E-state index in [-0.39, 0.29) is 0 Å². The molecule has 0 heterocycles. The van der Waals surface area contributed by atoms with Crippen molar-refractivity contribution in [2.45, 2.75) is 89.0 Å². The molecule has 1 unspecified atom stereocenters. The highest BCUT2D eigenvalue weighted by molar-refractivity contribution is 7.10. The van der Waals surface area contributed by atoms with Crippen LogP contribution in [0, 0.1) is 6.92 Å². The van der Waals surface area contributed by atoms with Gasteiger partial charge in [0, 0.05) is 6.42 Å². The highest BCUT2D eigenvalue weighted by Crippen LogP contribution is 2.23. The number of allylic oxidation sites excluding steroid dienone is 5. The van der Waals surface area contributed by atoms with Crippen molar-refractivity contribution in [3.05, 3.63) is 102 Å². The van der Waals surface area contributed by atoms with Gasteiger partial charge in [-0.2, -0.15) is 0 Å². The second-order valence-electron chi connectivity index (χ2n) is 6.48. The molecule has 188 valence electrons. The summed E-state index contributed by atoms with van der Waals surface area (Å²) in [4.78, 5) is 0. The Morgan fingerprint density at radius 2 is 1.30 bits per heavy atom. The first-order chi connectivity index (χ1) is 15.9. The minimum absolute atomic E-state index is 0.914. The molecule has 2 rings (SSSR count). The zero-order valence-corrected chi connectivity index (χ0v) is 24.7. The summed E-state index contributed by atoms with van der Waals surface area (Å²) in [5.41, 5.74) is 5.20. The van der Waals surface area contributed by atoms with E-state index in [1.165, 1.54) is 28.7 Å². The van der Waals surface area contributed by atoms with Gasteiger partial charge in [0.1, 0.15) is 5.75 Å². The van der Waals surface area contributed by atoms with Crippen LogP contribution in [0.15, 0.2) is 85.0 Å². The van der Waals surface area contributed by atoms with Crippen LogP contribution in [-0.2, 0) is 6.42 Å². The number of para-hydroxylation sites is 1. The zero-order valence-electron chi connectivity index (χ0n) is 23.5. The predicted molar refractivity (Wildman–Crippen MR) is 160 cm³/mol. The summed E-state index contributed by atoms with van der Waals surface area (Å²) in [6, 6.07) is 16.6. The van der Waals surface area contributed by atoms with E-state index in [1.54, 1.807) is 6.08 Å². The Kier molecular flexibility index (Phi) is 37.1. The van der Waals surface area contributed by atoms with E-state index >= 15 is 0 Å². The minimum atomic E-state index is 0.914. The molecule has 0 saturated carbocycles. The summed E-state index contributed by atoms with van der Waals surface area (Å²) in [6.45, 7) is 25.8. The SMILES string of the molecule is C/C=C\C(C)=C/C.C=CC.CC.CC.CCC.Cc1ccccc1Cc1ccccc1OP. The Hall–Kier alpha value is -2.11. The van der Waals surface area contributed by atoms with Crippen LogP contribution in [0.4, 0.5) is 0 Å². The Morgan fingerprint density at radius 1 is 0.879 bits per heavy atom. The summed E-state index contributed by atoms with van der Waals surface area (Å²) < 4.78 is 5.27. The van der Waals surface area contributed by atoms with Crippen molar-refractivity contribution in [1.82, 2.24) is 0 Å². The number of benzene rings is 2. The fourth-order valence-corrected chi connectivity index (χ4v) is 2.37. The second kappa shape index (κ2) is 32.1. The lowest BCUT2D eigenvalue weighted by atomic mass is 10.0. The van der Waals surface area contributed by atoms with Crippen molar-refractivity contribution in [3.8, 4) is 5.75 Å². The third kappa shape index (κ3) is 24.4. The third-order valence-corrected chi connectivity index (χ3v) is 3.88. The molecular weight excluding hydrogens is 419 g/mol. The summed E-state index contributed by atoms with van der Waals surface area (Å²) in [7, 11) is 2.31. The topological polar surface area (TPSA) is 9.23 Å². The smallest absolute Gasteiger partial charge is 0.126 e. The molecule has 1 nitrogen and oxygen atoms in total. The number of hydrogen-bond acceptors (Lipinski definition) is 1. The van der Waals surface area contributed by atoms with E-state index in [1.807, 2.05) is 72.7 Å². The summed E-state index contributed by atoms with van der Waals surface area (Å²) >= 11 is 0. The van der Waals surface area contributed by atoms with Gasteiger partial charge in [-0.3, -0.25) is 0 Å². The summed E-state index contributed by atoms with van der Waals surface area (Å²) in [5.74, 6) is 0.927. The molecule has 0 aliphatic heterocycles. The van der Waals surface area contributed by atoms with Gasteiger partial charge in [0.05, 0.1) is 9.47 Å². The van der Waals surface area contributed by atoms with Gasteiger partial charge < -0.3 is 4.52 Å². The van der Waals surface area contributed by atoms with Gasteiger partial charge >= 0.3 is 0 Å². The molecule has 2 aromatic rings. The molecule has 2 aromatic carbocycles. The molecule has 0 radical (unpaired) electrons. The maximum absolute atomic E-state index is 5.27. The number of hydrogen-bond donors (Lipinski definition) is 0. The predicted octanol–water partition coefficient (Wildman–Crippen LogP) is 10.9. The maximum Gasteiger partial charge on any atom is 0.126 e. The van der Waals surface area contributed by atoms with Gasteiger partial charge in [0.2, 0.25) is 0 Å². The van der Waals surface area contributed by atoms with Crippen LogP contribution in [0.2, 0.25) is 0 Å². The maximum atomic E-state index is 5.27. The Labute approximate surface area is 210 Å². The lowest BCUT2D eigenvalue weighted by molar-refractivity contribution is 0.636. The van der Waals surface area contributed by atoms with E-state index in [0.29, 0.717) is 0 Å². The van der Waals surface area contributed by atoms with Crippen molar-refractivity contribution in [1.29, 1.82) is 0 Å². The van der Waals surface area contributed by atoms with Crippen molar-refractivity contribution in [3.63, 3.8) is 0 Å². The monoisotopic (exact) mass is 472 g/mol. The minimum Gasteiger partial charge on any atom is -0.480 e. The second-order valence-corrected chi connectivity index (χ2v) is 6.71. The standard InChI is InChI=1S/C14H15OP.C7H12.C3H8.C3H6.2C2H6/c1-11-6-2-3-7-12(11)10-13-8-4-5-9-14(13)15-16;1-4-6-7(3)5-2;2*1-3-2;2*1-2/h2-9H,10,16H2,1H3;4-6H,1-3H3;3H2,1-2H3;3H,1H2,2H3;2*1-2H3/b;6-4-,7-5-;;;;. The van der Waals surface area contributed by atoms with Gasteiger partial charge in [-0.15, -0.1) is 6.58 Å². The van der Waals surface area contributed by atoms with E-state index in [9.17, 15) is 0 Å². The van der Waals surface area contributed by atoms with Crippen LogP contribution in [0.5, 0.6) is 5.75 Å². The van der Waals surface area contributed by atoms with Gasteiger partial charge in [0.25, 0.3) is 0 Å². The average molecular weight is 473 g/mol. The normalized spacial score (nSPS) is 9.03. The van der Waals surface area contributed by atoms with Gasteiger partial charge in [0.15, 0.2) is 0 Å². The molecule has 2 heteroatoms. The van der Waals surface area contributed by atoms with Crippen LogP contribution < -0.4 is 4.52 Å². The van der Waals surface area contributed by atoms with E-state index in [4.69, 9.17) is 4.52 Å². The molecule has 1 atom stereocenters. The van der Waals surface area contributed by atoms with Crippen molar-refractivity contribution in [2.75, 3.05) is 0 Å². The highest BCUT2D eigenvalue weighted by atomic mass is 31.0. The van der Waals surface area contributed by atoms with E-state index in [0.717, 1.165) is 12.2 Å². The molecule has 0 bridgehead atoms. The Morgan fingerprint density at radius 3 is 1.67 bits per heavy atom. The van der Waals surface area contributed by atoms with Crippen molar-refractivity contribution >= 4 is 9.47 Å². The van der Waals surface area contributed by atoms with Crippen molar-refractivity contribution < 1.29 is 4.52 Å². The zero-order chi connectivity index (χ0) is 26.5. The molecule has 0 aromatic heterocycles. The fraction of sp³-hybridized carbons (Fsp3) is 0.419. The van der Waals surface area contributed by atoms with Crippen LogP contribution in [0.3, 0.4) is 0 Å². The van der Waals surface area contributed by atoms with Crippen LogP contribution in [0.1, 0.15) is 92.3 Å². The van der Waals surface area contributed by atoms with Crippen LogP contribution in [0.25, 0.3) is 0 Å². The lowest BCUT2D eigenvalue weighted by Crippen LogP contribution is -1.93. The molecule has 0 N–H and O–H groups in total. The highest BCUT2D eigenvalue weighted by Gasteiger charge is 2.04.